The zero-order valence-electron chi connectivity index (χ0n) is 17.3. The Morgan fingerprint density at radius 2 is 1.00 bits per heavy atom. The molecule has 0 bridgehead atoms. The third kappa shape index (κ3) is 6.54. The molecule has 2 aromatic rings. The third-order valence-corrected chi connectivity index (χ3v) is 4.96. The lowest BCUT2D eigenvalue weighted by molar-refractivity contribution is 0.310. The fourth-order valence-electron chi connectivity index (χ4n) is 3.52. The van der Waals surface area contributed by atoms with Crippen LogP contribution in [0.5, 0.6) is 0 Å². The lowest BCUT2D eigenvalue weighted by Crippen LogP contribution is -2.20. The Labute approximate surface area is 180 Å². The minimum atomic E-state index is -0.0320. The van der Waals surface area contributed by atoms with Gasteiger partial charge in [0.25, 0.3) is 0 Å². The summed E-state index contributed by atoms with van der Waals surface area (Å²) in [5.41, 5.74) is 5.83. The molecule has 0 amide bonds. The Morgan fingerprint density at radius 1 is 0.613 bits per heavy atom. The molecular weight excluding hydrogens is 404 g/mol. The normalized spacial score (nSPS) is 18.5. The molecule has 0 spiro atoms. The van der Waals surface area contributed by atoms with Crippen molar-refractivity contribution >= 4 is 23.8 Å². The van der Waals surface area contributed by atoms with Gasteiger partial charge in [0.1, 0.15) is 11.6 Å². The van der Waals surface area contributed by atoms with E-state index in [0.717, 1.165) is 25.7 Å². The molecule has 2 aromatic heterocycles. The Morgan fingerprint density at radius 3 is 1.42 bits per heavy atom. The number of nitrogens with two attached hydrogens (primary N) is 1. The predicted octanol–water partition coefficient (Wildman–Crippen LogP) is -0.707. The number of nitrogen functional groups attached to an aromatic ring is 1. The van der Waals surface area contributed by atoms with Gasteiger partial charge in [0.15, 0.2) is 0 Å². The topological polar surface area (TPSA) is 200 Å². The number of hydrogen-bond donors (Lipinski definition) is 7. The van der Waals surface area contributed by atoms with Crippen molar-refractivity contribution in [1.82, 2.24) is 29.9 Å². The second-order valence-electron chi connectivity index (χ2n) is 7.22. The first-order valence-corrected chi connectivity index (χ1v) is 10.4. The van der Waals surface area contributed by atoms with Crippen LogP contribution in [0.15, 0.2) is 0 Å². The summed E-state index contributed by atoms with van der Waals surface area (Å²) in [6, 6.07) is 0. The first-order valence-electron chi connectivity index (χ1n) is 10.4. The van der Waals surface area contributed by atoms with Gasteiger partial charge in [-0.05, 0) is 25.7 Å². The molecule has 0 aromatic carbocycles. The van der Waals surface area contributed by atoms with E-state index < -0.39 is 0 Å². The van der Waals surface area contributed by atoms with E-state index in [1.807, 2.05) is 0 Å². The lowest BCUT2D eigenvalue weighted by atomic mass is 9.81. The summed E-state index contributed by atoms with van der Waals surface area (Å²) >= 11 is 0. The summed E-state index contributed by atoms with van der Waals surface area (Å²) in [5, 5.41) is 36.0. The van der Waals surface area contributed by atoms with Crippen molar-refractivity contribution in [2.24, 2.45) is 0 Å². The summed E-state index contributed by atoms with van der Waals surface area (Å²) in [6.45, 7) is 0.925. The van der Waals surface area contributed by atoms with E-state index in [1.54, 1.807) is 0 Å². The average Bonchev–Trinajstić information content (AvgIpc) is 2.79. The van der Waals surface area contributed by atoms with Gasteiger partial charge in [-0.3, -0.25) is 0 Å². The van der Waals surface area contributed by atoms with Gasteiger partial charge < -0.3 is 37.0 Å². The Balaban J connectivity index is 1.69. The molecule has 13 heteroatoms. The minimum Gasteiger partial charge on any atom is -0.395 e. The summed E-state index contributed by atoms with van der Waals surface area (Å²) < 4.78 is 0. The fraction of sp³-hybridized carbons (Fsp3) is 0.667. The van der Waals surface area contributed by atoms with E-state index in [4.69, 9.17) is 21.1 Å². The number of aliphatic hydroxyl groups excluding tert-OH is 3. The summed E-state index contributed by atoms with van der Waals surface area (Å²) in [4.78, 5) is 26.1. The molecule has 1 aliphatic rings. The minimum absolute atomic E-state index is 0.0255. The van der Waals surface area contributed by atoms with Crippen molar-refractivity contribution in [2.75, 3.05) is 61.1 Å². The molecule has 13 nitrogen and oxygen atoms in total. The third-order valence-electron chi connectivity index (χ3n) is 4.96. The lowest BCUT2D eigenvalue weighted by Gasteiger charge is -2.27. The molecule has 31 heavy (non-hydrogen) atoms. The van der Waals surface area contributed by atoms with Gasteiger partial charge in [-0.15, -0.1) is 0 Å². The van der Waals surface area contributed by atoms with Crippen molar-refractivity contribution in [1.29, 1.82) is 0 Å². The number of hydrogen-bond acceptors (Lipinski definition) is 13. The first kappa shape index (κ1) is 22.8. The molecule has 0 unspecified atom stereocenters. The average molecular weight is 435 g/mol. The highest BCUT2D eigenvalue weighted by molar-refractivity contribution is 5.35. The Bertz CT molecular complexity index is 806. The van der Waals surface area contributed by atoms with E-state index in [9.17, 15) is 0 Å². The highest BCUT2D eigenvalue weighted by atomic mass is 16.3. The molecule has 0 aliphatic heterocycles. The van der Waals surface area contributed by atoms with Crippen LogP contribution in [0.3, 0.4) is 0 Å². The van der Waals surface area contributed by atoms with E-state index in [0.29, 0.717) is 49.1 Å². The van der Waals surface area contributed by atoms with E-state index in [1.165, 1.54) is 0 Å². The van der Waals surface area contributed by atoms with Gasteiger partial charge in [0.2, 0.25) is 23.8 Å². The second-order valence-corrected chi connectivity index (χ2v) is 7.22. The molecule has 0 radical (unpaired) electrons. The SMILES string of the molecule is Nc1nc(NCCO)nc(C2CCC(c3nc(NCCO)nc(NCCO)n3)CC2)n1. The van der Waals surface area contributed by atoms with Crippen LogP contribution < -0.4 is 21.7 Å². The van der Waals surface area contributed by atoms with Crippen LogP contribution in [0.4, 0.5) is 23.8 Å². The standard InChI is InChI=1S/C18H30N10O3/c19-15-23-13(24-16(27-15)20-5-8-29)11-1-3-12(4-2-11)14-25-17(21-6-9-30)28-18(26-14)22-7-10-31/h11-12,29-31H,1-10H2,(H3,19,20,23,24,27)(H2,21,22,25,26,28). The van der Waals surface area contributed by atoms with Crippen molar-refractivity contribution in [3.8, 4) is 0 Å². The fourth-order valence-corrected chi connectivity index (χ4v) is 3.52. The molecular formula is C18H30N10O3. The van der Waals surface area contributed by atoms with E-state index in [2.05, 4.69) is 45.9 Å². The zero-order valence-corrected chi connectivity index (χ0v) is 17.3. The van der Waals surface area contributed by atoms with Crippen LogP contribution >= 0.6 is 0 Å². The molecule has 8 N–H and O–H groups in total. The van der Waals surface area contributed by atoms with Gasteiger partial charge in [0, 0.05) is 31.5 Å². The highest BCUT2D eigenvalue weighted by Crippen LogP contribution is 2.39. The molecule has 1 saturated carbocycles. The quantitative estimate of drug-likeness (QED) is 0.234. The van der Waals surface area contributed by atoms with Gasteiger partial charge >= 0.3 is 0 Å². The van der Waals surface area contributed by atoms with E-state index >= 15 is 0 Å². The van der Waals surface area contributed by atoms with Crippen LogP contribution in [0.2, 0.25) is 0 Å². The van der Waals surface area contributed by atoms with Gasteiger partial charge in [0.05, 0.1) is 19.8 Å². The van der Waals surface area contributed by atoms with Crippen LogP contribution in [0.1, 0.15) is 49.2 Å². The highest BCUT2D eigenvalue weighted by Gasteiger charge is 2.28. The number of anilines is 4. The maximum atomic E-state index is 9.06. The van der Waals surface area contributed by atoms with Crippen LogP contribution in [0.25, 0.3) is 0 Å². The molecule has 1 aliphatic carbocycles. The number of rotatable bonds is 11. The summed E-state index contributed by atoms with van der Waals surface area (Å²) in [7, 11) is 0. The van der Waals surface area contributed by atoms with Crippen LogP contribution in [0, 0.1) is 0 Å². The number of aromatic nitrogens is 6. The monoisotopic (exact) mass is 434 g/mol. The zero-order chi connectivity index (χ0) is 22.1. The largest absolute Gasteiger partial charge is 0.395 e. The molecule has 2 heterocycles. The van der Waals surface area contributed by atoms with E-state index in [-0.39, 0.29) is 37.6 Å². The molecule has 170 valence electrons. The van der Waals surface area contributed by atoms with Crippen molar-refractivity contribution in [2.45, 2.75) is 37.5 Å². The van der Waals surface area contributed by atoms with Gasteiger partial charge in [-0.2, -0.15) is 29.9 Å². The first-order chi connectivity index (χ1) is 15.1. The Hall–Kier alpha value is -2.90. The predicted molar refractivity (Wildman–Crippen MR) is 115 cm³/mol. The van der Waals surface area contributed by atoms with Gasteiger partial charge in [-0.25, -0.2) is 0 Å². The molecule has 3 rings (SSSR count). The van der Waals surface area contributed by atoms with Crippen LogP contribution in [-0.2, 0) is 0 Å². The molecule has 1 fully saturated rings. The Kier molecular flexibility index (Phi) is 8.44. The van der Waals surface area contributed by atoms with Crippen molar-refractivity contribution in [3.05, 3.63) is 11.6 Å². The maximum absolute atomic E-state index is 9.06. The molecule has 0 atom stereocenters. The second kappa shape index (κ2) is 11.5. The van der Waals surface area contributed by atoms with Gasteiger partial charge in [-0.1, -0.05) is 0 Å². The number of nitrogens with zero attached hydrogens (tertiary/aromatic N) is 6. The number of nitrogens with one attached hydrogen (secondary N) is 3. The van der Waals surface area contributed by atoms with Crippen LogP contribution in [-0.4, -0.2) is 84.7 Å². The van der Waals surface area contributed by atoms with Crippen molar-refractivity contribution in [3.63, 3.8) is 0 Å². The maximum Gasteiger partial charge on any atom is 0.227 e. The molecule has 0 saturated heterocycles. The van der Waals surface area contributed by atoms with Crippen molar-refractivity contribution < 1.29 is 15.3 Å². The summed E-state index contributed by atoms with van der Waals surface area (Å²) in [5.74, 6) is 2.94. The summed E-state index contributed by atoms with van der Waals surface area (Å²) in [6.07, 6.45) is 3.38. The number of aliphatic hydroxyl groups is 3. The smallest absolute Gasteiger partial charge is 0.227 e.